The lowest BCUT2D eigenvalue weighted by Gasteiger charge is -2.10. The summed E-state index contributed by atoms with van der Waals surface area (Å²) in [5, 5.41) is 5.68. The van der Waals surface area contributed by atoms with Gasteiger partial charge in [-0.05, 0) is 85.7 Å². The van der Waals surface area contributed by atoms with Crippen LogP contribution in [-0.4, -0.2) is 16.0 Å². The number of benzene rings is 3. The van der Waals surface area contributed by atoms with E-state index in [0.717, 1.165) is 27.8 Å². The number of rotatable bonds is 3. The number of hydrogen-bond donors (Lipinski definition) is 2. The molecule has 0 aliphatic heterocycles. The molecule has 1 amide bonds. The van der Waals surface area contributed by atoms with Gasteiger partial charge in [-0.25, -0.2) is 9.37 Å². The van der Waals surface area contributed by atoms with Gasteiger partial charge < -0.3 is 9.73 Å². The highest BCUT2D eigenvalue weighted by Crippen LogP contribution is 2.28. The van der Waals surface area contributed by atoms with Crippen molar-refractivity contribution in [1.82, 2.24) is 10.3 Å². The number of anilines is 1. The van der Waals surface area contributed by atoms with Crippen molar-refractivity contribution in [1.29, 1.82) is 0 Å². The highest BCUT2D eigenvalue weighted by atomic mass is 32.1. The van der Waals surface area contributed by atoms with Crippen LogP contribution in [0.4, 0.5) is 10.1 Å². The SMILES string of the molecule is Cc1cc(C)c2oc(-c3cccc(NC(=S)NC(=O)c4ccc(F)cc4)c3)nc2c1. The molecule has 3 aromatic carbocycles. The molecule has 0 aliphatic carbocycles. The average molecular weight is 419 g/mol. The number of halogens is 1. The van der Waals surface area contributed by atoms with Crippen molar-refractivity contribution in [2.75, 3.05) is 5.32 Å². The van der Waals surface area contributed by atoms with Crippen molar-refractivity contribution in [3.05, 3.63) is 83.2 Å². The molecule has 0 saturated heterocycles. The maximum absolute atomic E-state index is 13.0. The standard InChI is InChI=1S/C23H18FN3O2S/c1-13-10-14(2)20-19(11-13)26-22(29-20)16-4-3-5-18(12-16)25-23(30)27-21(28)15-6-8-17(24)9-7-15/h3-12H,1-2H3,(H2,25,27,28,30). The highest BCUT2D eigenvalue weighted by molar-refractivity contribution is 7.80. The first-order chi connectivity index (χ1) is 14.4. The van der Waals surface area contributed by atoms with Crippen LogP contribution in [0.5, 0.6) is 0 Å². The Bertz CT molecular complexity index is 1270. The van der Waals surface area contributed by atoms with E-state index >= 15 is 0 Å². The topological polar surface area (TPSA) is 67.2 Å². The smallest absolute Gasteiger partial charge is 0.257 e. The Balaban J connectivity index is 1.51. The Morgan fingerprint density at radius 2 is 1.83 bits per heavy atom. The van der Waals surface area contributed by atoms with Gasteiger partial charge in [-0.3, -0.25) is 10.1 Å². The van der Waals surface area contributed by atoms with Gasteiger partial charge >= 0.3 is 0 Å². The van der Waals surface area contributed by atoms with Crippen molar-refractivity contribution in [3.63, 3.8) is 0 Å². The Morgan fingerprint density at radius 3 is 2.60 bits per heavy atom. The average Bonchev–Trinajstić information content (AvgIpc) is 3.13. The van der Waals surface area contributed by atoms with E-state index in [1.807, 2.05) is 44.2 Å². The molecular weight excluding hydrogens is 401 g/mol. The third-order valence-corrected chi connectivity index (χ3v) is 4.73. The van der Waals surface area contributed by atoms with Gasteiger partial charge in [-0.1, -0.05) is 12.1 Å². The minimum atomic E-state index is -0.423. The first-order valence-electron chi connectivity index (χ1n) is 9.25. The molecule has 30 heavy (non-hydrogen) atoms. The van der Waals surface area contributed by atoms with E-state index in [2.05, 4.69) is 21.7 Å². The van der Waals surface area contributed by atoms with E-state index < -0.39 is 11.7 Å². The second-order valence-corrected chi connectivity index (χ2v) is 7.35. The number of thiocarbonyl (C=S) groups is 1. The molecule has 0 atom stereocenters. The molecule has 0 unspecified atom stereocenters. The van der Waals surface area contributed by atoms with Crippen LogP contribution in [0.3, 0.4) is 0 Å². The molecule has 0 bridgehead atoms. The van der Waals surface area contributed by atoms with E-state index in [9.17, 15) is 9.18 Å². The lowest BCUT2D eigenvalue weighted by Crippen LogP contribution is -2.34. The molecule has 5 nitrogen and oxygen atoms in total. The number of aryl methyl sites for hydroxylation is 2. The van der Waals surface area contributed by atoms with Crippen molar-refractivity contribution in [3.8, 4) is 11.5 Å². The van der Waals surface area contributed by atoms with E-state index in [4.69, 9.17) is 16.6 Å². The van der Waals surface area contributed by atoms with Gasteiger partial charge in [0, 0.05) is 16.8 Å². The van der Waals surface area contributed by atoms with Gasteiger partial charge in [0.05, 0.1) is 0 Å². The number of nitrogens with one attached hydrogen (secondary N) is 2. The van der Waals surface area contributed by atoms with Crippen molar-refractivity contribution in [2.45, 2.75) is 13.8 Å². The minimum absolute atomic E-state index is 0.130. The summed E-state index contributed by atoms with van der Waals surface area (Å²) in [5.41, 5.74) is 5.48. The number of carbonyl (C=O) groups excluding carboxylic acids is 1. The Morgan fingerprint density at radius 1 is 1.07 bits per heavy atom. The summed E-state index contributed by atoms with van der Waals surface area (Å²) in [6.45, 7) is 4.01. The Labute approximate surface area is 177 Å². The van der Waals surface area contributed by atoms with Gasteiger partial charge in [0.2, 0.25) is 5.89 Å². The molecule has 150 valence electrons. The molecule has 4 aromatic rings. The lowest BCUT2D eigenvalue weighted by atomic mass is 10.1. The number of nitrogens with zero attached hydrogens (tertiary/aromatic N) is 1. The number of aromatic nitrogens is 1. The quantitative estimate of drug-likeness (QED) is 0.437. The van der Waals surface area contributed by atoms with Gasteiger partial charge in [0.15, 0.2) is 10.7 Å². The number of fused-ring (bicyclic) bond motifs is 1. The van der Waals surface area contributed by atoms with Gasteiger partial charge in [-0.2, -0.15) is 0 Å². The number of amides is 1. The summed E-state index contributed by atoms with van der Waals surface area (Å²) in [7, 11) is 0. The zero-order valence-electron chi connectivity index (χ0n) is 16.3. The molecule has 0 aliphatic rings. The van der Waals surface area contributed by atoms with Gasteiger partial charge in [0.25, 0.3) is 5.91 Å². The van der Waals surface area contributed by atoms with Crippen LogP contribution in [0.15, 0.2) is 65.1 Å². The van der Waals surface area contributed by atoms with Crippen LogP contribution in [0.1, 0.15) is 21.5 Å². The third-order valence-electron chi connectivity index (χ3n) is 4.52. The normalized spacial score (nSPS) is 10.8. The summed E-state index contributed by atoms with van der Waals surface area (Å²) in [4.78, 5) is 16.8. The number of oxazole rings is 1. The van der Waals surface area contributed by atoms with Crippen molar-refractivity contribution < 1.29 is 13.6 Å². The fourth-order valence-electron chi connectivity index (χ4n) is 3.17. The molecule has 0 radical (unpaired) electrons. The third kappa shape index (κ3) is 4.21. The van der Waals surface area contributed by atoms with Crippen molar-refractivity contribution >= 4 is 40.0 Å². The van der Waals surface area contributed by atoms with Crippen LogP contribution in [0.25, 0.3) is 22.6 Å². The zero-order chi connectivity index (χ0) is 21.3. The first-order valence-corrected chi connectivity index (χ1v) is 9.66. The van der Waals surface area contributed by atoms with Crippen LogP contribution in [0.2, 0.25) is 0 Å². The monoisotopic (exact) mass is 419 g/mol. The summed E-state index contributed by atoms with van der Waals surface area (Å²) >= 11 is 5.23. The van der Waals surface area contributed by atoms with E-state index in [-0.39, 0.29) is 5.11 Å². The Hall–Kier alpha value is -3.58. The minimum Gasteiger partial charge on any atom is -0.436 e. The molecule has 1 aromatic heterocycles. The molecule has 7 heteroatoms. The summed E-state index contributed by atoms with van der Waals surface area (Å²) in [6.07, 6.45) is 0. The van der Waals surface area contributed by atoms with Crippen molar-refractivity contribution in [2.24, 2.45) is 0 Å². The maximum atomic E-state index is 13.0. The van der Waals surface area contributed by atoms with Crippen LogP contribution < -0.4 is 10.6 Å². The highest BCUT2D eigenvalue weighted by Gasteiger charge is 2.12. The van der Waals surface area contributed by atoms with E-state index in [1.165, 1.54) is 24.3 Å². The molecule has 1 heterocycles. The molecule has 4 rings (SSSR count). The van der Waals surface area contributed by atoms with E-state index in [1.54, 1.807) is 0 Å². The van der Waals surface area contributed by atoms with Crippen LogP contribution in [0, 0.1) is 19.7 Å². The molecule has 2 N–H and O–H groups in total. The zero-order valence-corrected chi connectivity index (χ0v) is 17.1. The second kappa shape index (κ2) is 8.04. The molecule has 0 spiro atoms. The molecule has 0 saturated carbocycles. The fourth-order valence-corrected chi connectivity index (χ4v) is 3.38. The van der Waals surface area contributed by atoms with Gasteiger partial charge in [0.1, 0.15) is 11.3 Å². The summed E-state index contributed by atoms with van der Waals surface area (Å²) in [6, 6.07) is 16.6. The van der Waals surface area contributed by atoms with Gasteiger partial charge in [-0.15, -0.1) is 0 Å². The molecule has 0 fully saturated rings. The van der Waals surface area contributed by atoms with Crippen LogP contribution in [-0.2, 0) is 0 Å². The largest absolute Gasteiger partial charge is 0.436 e. The number of hydrogen-bond acceptors (Lipinski definition) is 4. The molecular formula is C23H18FN3O2S. The Kier molecular flexibility index (Phi) is 5.29. The predicted molar refractivity (Wildman–Crippen MR) is 119 cm³/mol. The fraction of sp³-hybridized carbons (Fsp3) is 0.0870. The lowest BCUT2D eigenvalue weighted by molar-refractivity contribution is 0.0977. The first kappa shape index (κ1) is 19.7. The number of carbonyl (C=O) groups is 1. The van der Waals surface area contributed by atoms with E-state index in [0.29, 0.717) is 17.1 Å². The summed E-state index contributed by atoms with van der Waals surface area (Å²) in [5.74, 6) is -0.328. The summed E-state index contributed by atoms with van der Waals surface area (Å²) < 4.78 is 19.0. The second-order valence-electron chi connectivity index (χ2n) is 6.95. The van der Waals surface area contributed by atoms with Crippen LogP contribution >= 0.6 is 12.2 Å². The maximum Gasteiger partial charge on any atom is 0.257 e. The predicted octanol–water partition coefficient (Wildman–Crippen LogP) is 5.38.